The molecule has 1 aromatic carbocycles. The molecule has 5 heterocycles. The fraction of sp³-hybridized carbons (Fsp3) is 0.293. The van der Waals surface area contributed by atoms with Gasteiger partial charge in [-0.2, -0.15) is 0 Å². The summed E-state index contributed by atoms with van der Waals surface area (Å²) >= 11 is 0. The van der Waals surface area contributed by atoms with Crippen LogP contribution in [0.25, 0.3) is 23.5 Å². The Labute approximate surface area is 304 Å². The standard InChI is InChI=1S/C41H40N4O4.Zn/c1-7-27-21(2)32-18-36-28(13-12-25-8-10-26(20-46)11-9-25)22(3)31(43-36)17-33-23(4)29(14-15-38(48)49-6)40(44-33)30-16-37(47)39-24(5)34(45-41(30)39)19-35(27)42-32;/h8-13,17-20,23,29H,7,14-16H2,1-6H3,(H2,42,43,44,45,46,47);/q;+2/p-2/t23-,29-;/m0./s1. The average molecular weight is 716 g/mol. The zero-order chi connectivity index (χ0) is 34.6. The number of rotatable bonds is 7. The van der Waals surface area contributed by atoms with Gasteiger partial charge in [0.05, 0.1) is 29.9 Å². The normalized spacial score (nSPS) is 20.8. The maximum Gasteiger partial charge on any atom is 2.00 e. The Morgan fingerprint density at radius 2 is 1.68 bits per heavy atom. The Balaban J connectivity index is 0.00000432. The van der Waals surface area contributed by atoms with E-state index in [4.69, 9.17) is 24.7 Å². The summed E-state index contributed by atoms with van der Waals surface area (Å²) in [5.74, 6) is -0.357. The summed E-state index contributed by atoms with van der Waals surface area (Å²) in [5.41, 5.74) is 13.2. The Morgan fingerprint density at radius 3 is 2.38 bits per heavy atom. The van der Waals surface area contributed by atoms with Gasteiger partial charge in [-0.05, 0) is 85.3 Å². The van der Waals surface area contributed by atoms with E-state index in [9.17, 15) is 14.7 Å². The number of hydrogen-bond donors (Lipinski definition) is 0. The summed E-state index contributed by atoms with van der Waals surface area (Å²) in [6.45, 7) is 10.4. The van der Waals surface area contributed by atoms with Crippen molar-refractivity contribution in [2.45, 2.75) is 60.3 Å². The van der Waals surface area contributed by atoms with E-state index in [-0.39, 0.29) is 55.9 Å². The van der Waals surface area contributed by atoms with E-state index in [0.29, 0.717) is 22.6 Å². The zero-order valence-corrected chi connectivity index (χ0v) is 32.4. The molecule has 8 bridgehead atoms. The minimum absolute atomic E-state index is 0. The summed E-state index contributed by atoms with van der Waals surface area (Å²) in [7, 11) is 1.40. The van der Waals surface area contributed by atoms with E-state index in [2.05, 4.69) is 39.8 Å². The van der Waals surface area contributed by atoms with Crippen LogP contribution >= 0.6 is 0 Å². The van der Waals surface area contributed by atoms with Crippen molar-refractivity contribution >= 4 is 52.9 Å². The molecule has 248 valence electrons. The van der Waals surface area contributed by atoms with E-state index in [0.717, 1.165) is 91.6 Å². The van der Waals surface area contributed by atoms with Gasteiger partial charge >= 0.3 is 25.4 Å². The van der Waals surface area contributed by atoms with Gasteiger partial charge in [0, 0.05) is 40.8 Å². The predicted octanol–water partition coefficient (Wildman–Crippen LogP) is 5.23. The topological polar surface area (TPSA) is 118 Å². The molecule has 50 heavy (non-hydrogen) atoms. The number of carbonyl (C=O) groups is 2. The number of ether oxygens (including phenoxy) is 1. The molecule has 2 atom stereocenters. The molecule has 9 heteroatoms. The molecule has 1 aliphatic carbocycles. The molecule has 8 nitrogen and oxygen atoms in total. The van der Waals surface area contributed by atoms with Crippen molar-refractivity contribution in [3.63, 3.8) is 0 Å². The van der Waals surface area contributed by atoms with Gasteiger partial charge < -0.3 is 14.8 Å². The molecule has 0 fully saturated rings. The fourth-order valence-corrected chi connectivity index (χ4v) is 7.46. The summed E-state index contributed by atoms with van der Waals surface area (Å²) in [4.78, 5) is 44.0. The van der Waals surface area contributed by atoms with Crippen LogP contribution in [0.4, 0.5) is 0 Å². The number of esters is 1. The number of carbonyl (C=O) groups excluding carboxylic acids is 2. The molecule has 0 saturated carbocycles. The van der Waals surface area contributed by atoms with Crippen LogP contribution in [0.5, 0.6) is 0 Å². The van der Waals surface area contributed by atoms with Gasteiger partial charge in [-0.25, -0.2) is 9.98 Å². The maximum atomic E-state index is 13.6. The molecule has 0 N–H and O–H groups in total. The molecular weight excluding hydrogens is 678 g/mol. The monoisotopic (exact) mass is 714 g/mol. The fourth-order valence-electron chi connectivity index (χ4n) is 7.46. The molecule has 1 aromatic heterocycles. The summed E-state index contributed by atoms with van der Waals surface area (Å²) in [6, 6.07) is 7.45. The Kier molecular flexibility index (Phi) is 9.74. The van der Waals surface area contributed by atoms with Crippen LogP contribution in [0.3, 0.4) is 0 Å². The minimum atomic E-state index is -0.274. The van der Waals surface area contributed by atoms with Crippen molar-refractivity contribution in [1.29, 1.82) is 0 Å². The average Bonchev–Trinajstić information content (AvgIpc) is 3.85. The molecule has 4 aliphatic heterocycles. The first-order chi connectivity index (χ1) is 23.6. The van der Waals surface area contributed by atoms with Gasteiger partial charge in [-0.15, -0.1) is 16.8 Å². The number of hydrogen-bond acceptors (Lipinski definition) is 7. The second-order valence-corrected chi connectivity index (χ2v) is 13.2. The van der Waals surface area contributed by atoms with Crippen molar-refractivity contribution in [3.05, 3.63) is 115 Å². The molecule has 0 saturated heterocycles. The number of aromatic nitrogens is 1. The number of aliphatic imine (C=N–C) groups is 3. The molecule has 5 aliphatic rings. The molecule has 2 aromatic rings. The van der Waals surface area contributed by atoms with Crippen LogP contribution < -0.4 is 20.7 Å². The SMILES string of the molecule is CCC1=C(C)C2=NC1=Cc1[n-]c3c(c1C)=C([O-])CC=3C1=NC(=CC3=NC(=C2)C(/C=C/c2ccc(C=O)cc2)=C3C)[C@@H](C)[C@@H]1CCC(=O)OC.[Zn+2]. The predicted molar refractivity (Wildman–Crippen MR) is 192 cm³/mol. The van der Waals surface area contributed by atoms with E-state index >= 15 is 0 Å². The third-order valence-corrected chi connectivity index (χ3v) is 10.4. The van der Waals surface area contributed by atoms with E-state index < -0.39 is 0 Å². The first-order valence-corrected chi connectivity index (χ1v) is 16.8. The minimum Gasteiger partial charge on any atom is -0.875 e. The van der Waals surface area contributed by atoms with Gasteiger partial charge in [0.25, 0.3) is 0 Å². The van der Waals surface area contributed by atoms with Gasteiger partial charge in [0.1, 0.15) is 6.29 Å². The Bertz CT molecular complexity index is 2250. The van der Waals surface area contributed by atoms with Gasteiger partial charge in [-0.1, -0.05) is 61.9 Å². The smallest absolute Gasteiger partial charge is 0.875 e. The van der Waals surface area contributed by atoms with Gasteiger partial charge in [0.2, 0.25) is 0 Å². The summed E-state index contributed by atoms with van der Waals surface area (Å²) < 4.78 is 4.99. The number of allylic oxidation sites excluding steroid dienone is 7. The first-order valence-electron chi connectivity index (χ1n) is 16.8. The molecule has 0 spiro atoms. The molecule has 0 radical (unpaired) electrons. The van der Waals surface area contributed by atoms with Gasteiger partial charge in [0.15, 0.2) is 0 Å². The molecule has 0 amide bonds. The number of benzene rings is 1. The molecular formula is C41H38N4O4Zn. The first kappa shape index (κ1) is 35.1. The van der Waals surface area contributed by atoms with Crippen LogP contribution in [-0.4, -0.2) is 36.5 Å². The van der Waals surface area contributed by atoms with Crippen molar-refractivity contribution in [2.75, 3.05) is 7.11 Å². The van der Waals surface area contributed by atoms with Crippen molar-refractivity contribution in [1.82, 2.24) is 4.98 Å². The van der Waals surface area contributed by atoms with Crippen molar-refractivity contribution in [2.24, 2.45) is 26.8 Å². The number of nitrogens with zero attached hydrogens (tertiary/aromatic N) is 4. The summed E-state index contributed by atoms with van der Waals surface area (Å²) in [6.07, 6.45) is 12.9. The van der Waals surface area contributed by atoms with Crippen LogP contribution in [0.1, 0.15) is 80.6 Å². The third-order valence-electron chi connectivity index (χ3n) is 10.4. The van der Waals surface area contributed by atoms with Crippen LogP contribution in [0, 0.1) is 18.8 Å². The van der Waals surface area contributed by atoms with Crippen LogP contribution in [-0.2, 0) is 29.0 Å². The largest absolute Gasteiger partial charge is 2.00 e. The quantitative estimate of drug-likeness (QED) is 0.221. The van der Waals surface area contributed by atoms with E-state index in [1.807, 2.05) is 37.3 Å². The zero-order valence-electron chi connectivity index (χ0n) is 29.4. The summed E-state index contributed by atoms with van der Waals surface area (Å²) in [5, 5.41) is 14.9. The van der Waals surface area contributed by atoms with E-state index in [1.54, 1.807) is 12.1 Å². The molecule has 0 unspecified atom stereocenters. The third kappa shape index (κ3) is 6.02. The van der Waals surface area contributed by atoms with E-state index in [1.165, 1.54) is 7.11 Å². The van der Waals surface area contributed by atoms with Crippen LogP contribution in [0.15, 0.2) is 96.9 Å². The Morgan fingerprint density at radius 1 is 0.980 bits per heavy atom. The molecule has 7 rings (SSSR count). The second kappa shape index (κ2) is 13.9. The number of aldehydes is 1. The van der Waals surface area contributed by atoms with Crippen molar-refractivity contribution in [3.8, 4) is 0 Å². The second-order valence-electron chi connectivity index (χ2n) is 13.2. The number of fused-ring (bicyclic) bond motifs is 5. The van der Waals surface area contributed by atoms with Gasteiger partial charge in [-0.3, -0.25) is 14.6 Å². The Hall–Kier alpha value is -4.75. The van der Waals surface area contributed by atoms with Crippen LogP contribution in [0.2, 0.25) is 0 Å². The number of methoxy groups -OCH3 is 1. The maximum absolute atomic E-state index is 13.6. The van der Waals surface area contributed by atoms with Crippen molar-refractivity contribution < 1.29 is 38.9 Å².